The van der Waals surface area contributed by atoms with Crippen molar-refractivity contribution in [1.82, 2.24) is 0 Å². The second-order valence-corrected chi connectivity index (χ2v) is 7.76. The number of esters is 1. The molecule has 0 bridgehead atoms. The van der Waals surface area contributed by atoms with E-state index in [1.54, 1.807) is 50.2 Å². The van der Waals surface area contributed by atoms with Crippen molar-refractivity contribution >= 4 is 55.5 Å². The highest BCUT2D eigenvalue weighted by atomic mass is 79.9. The Labute approximate surface area is 197 Å². The van der Waals surface area contributed by atoms with E-state index in [9.17, 15) is 14.9 Å². The maximum atomic E-state index is 12.5. The number of benzene rings is 2. The molecule has 0 aromatic heterocycles. The van der Waals surface area contributed by atoms with Crippen LogP contribution in [-0.2, 0) is 14.3 Å². The van der Waals surface area contributed by atoms with Gasteiger partial charge in [0.2, 0.25) is 0 Å². The fourth-order valence-electron chi connectivity index (χ4n) is 2.45. The average Bonchev–Trinajstić information content (AvgIpc) is 2.73. The van der Waals surface area contributed by atoms with Crippen molar-refractivity contribution in [3.05, 3.63) is 56.5 Å². The van der Waals surface area contributed by atoms with E-state index in [-0.39, 0.29) is 18.8 Å². The molecule has 0 aliphatic heterocycles. The van der Waals surface area contributed by atoms with E-state index in [1.165, 1.54) is 6.08 Å². The molecular formula is C22H20Br2N2O5. The highest BCUT2D eigenvalue weighted by molar-refractivity contribution is 9.10. The summed E-state index contributed by atoms with van der Waals surface area (Å²) in [7, 11) is 0. The molecule has 2 aromatic rings. The topological polar surface area (TPSA) is 97.7 Å². The summed E-state index contributed by atoms with van der Waals surface area (Å²) in [6, 6.07) is 12.2. The normalized spacial score (nSPS) is 10.7. The third kappa shape index (κ3) is 7.42. The SMILES string of the molecule is CCOC(=O)COc1c(Br)cc(/C=C(\C#N)C(=O)Nc2ccc(Br)cc2)cc1OCC. The lowest BCUT2D eigenvalue weighted by Crippen LogP contribution is -2.15. The zero-order valence-corrected chi connectivity index (χ0v) is 20.1. The number of nitriles is 1. The molecule has 7 nitrogen and oxygen atoms in total. The molecule has 1 amide bonds. The van der Waals surface area contributed by atoms with Crippen LogP contribution >= 0.6 is 31.9 Å². The molecule has 2 rings (SSSR count). The van der Waals surface area contributed by atoms with Gasteiger partial charge in [0.15, 0.2) is 18.1 Å². The van der Waals surface area contributed by atoms with Gasteiger partial charge < -0.3 is 19.5 Å². The van der Waals surface area contributed by atoms with Gasteiger partial charge in [0.1, 0.15) is 11.6 Å². The minimum absolute atomic E-state index is 0.0857. The highest BCUT2D eigenvalue weighted by Gasteiger charge is 2.16. The van der Waals surface area contributed by atoms with Crippen LogP contribution in [0.2, 0.25) is 0 Å². The number of hydrogen-bond acceptors (Lipinski definition) is 6. The van der Waals surface area contributed by atoms with E-state index in [2.05, 4.69) is 37.2 Å². The third-order valence-electron chi connectivity index (χ3n) is 3.75. The summed E-state index contributed by atoms with van der Waals surface area (Å²) < 4.78 is 17.4. The highest BCUT2D eigenvalue weighted by Crippen LogP contribution is 2.37. The molecule has 0 spiro atoms. The van der Waals surface area contributed by atoms with Gasteiger partial charge in [-0.15, -0.1) is 0 Å². The van der Waals surface area contributed by atoms with Gasteiger partial charge in [-0.25, -0.2) is 4.79 Å². The molecule has 0 aliphatic rings. The zero-order chi connectivity index (χ0) is 22.8. The molecule has 162 valence electrons. The number of hydrogen-bond donors (Lipinski definition) is 1. The lowest BCUT2D eigenvalue weighted by atomic mass is 10.1. The molecule has 0 radical (unpaired) electrons. The summed E-state index contributed by atoms with van der Waals surface area (Å²) in [5, 5.41) is 12.1. The molecule has 0 aliphatic carbocycles. The van der Waals surface area contributed by atoms with Gasteiger partial charge in [-0.1, -0.05) is 15.9 Å². The van der Waals surface area contributed by atoms with Crippen molar-refractivity contribution < 1.29 is 23.8 Å². The van der Waals surface area contributed by atoms with E-state index in [0.29, 0.717) is 33.8 Å². The number of halogens is 2. The van der Waals surface area contributed by atoms with E-state index >= 15 is 0 Å². The van der Waals surface area contributed by atoms with Gasteiger partial charge in [-0.05, 0) is 77.8 Å². The van der Waals surface area contributed by atoms with Crippen molar-refractivity contribution in [2.45, 2.75) is 13.8 Å². The maximum Gasteiger partial charge on any atom is 0.344 e. The fraction of sp³-hybridized carbons (Fsp3) is 0.227. The van der Waals surface area contributed by atoms with Crippen LogP contribution in [0.25, 0.3) is 6.08 Å². The number of rotatable bonds is 9. The van der Waals surface area contributed by atoms with Crippen molar-refractivity contribution in [2.75, 3.05) is 25.1 Å². The molecule has 0 unspecified atom stereocenters. The second kappa shape index (κ2) is 12.1. The summed E-state index contributed by atoms with van der Waals surface area (Å²) in [6.45, 7) is 3.84. The van der Waals surface area contributed by atoms with Gasteiger partial charge in [0, 0.05) is 10.2 Å². The predicted molar refractivity (Wildman–Crippen MR) is 124 cm³/mol. The lowest BCUT2D eigenvalue weighted by molar-refractivity contribution is -0.145. The Morgan fingerprint density at radius 3 is 2.42 bits per heavy atom. The van der Waals surface area contributed by atoms with Gasteiger partial charge >= 0.3 is 5.97 Å². The molecule has 2 aromatic carbocycles. The minimum Gasteiger partial charge on any atom is -0.490 e. The van der Waals surface area contributed by atoms with E-state index < -0.39 is 11.9 Å². The lowest BCUT2D eigenvalue weighted by Gasteiger charge is -2.14. The molecule has 31 heavy (non-hydrogen) atoms. The summed E-state index contributed by atoms with van der Waals surface area (Å²) in [5.41, 5.74) is 1.02. The Morgan fingerprint density at radius 1 is 1.10 bits per heavy atom. The van der Waals surface area contributed by atoms with E-state index in [0.717, 1.165) is 4.47 Å². The van der Waals surface area contributed by atoms with Crippen LogP contribution in [0.3, 0.4) is 0 Å². The third-order valence-corrected chi connectivity index (χ3v) is 4.87. The van der Waals surface area contributed by atoms with E-state index in [1.807, 2.05) is 6.07 Å². The summed E-state index contributed by atoms with van der Waals surface area (Å²) in [6.07, 6.45) is 1.44. The second-order valence-electron chi connectivity index (χ2n) is 5.99. The number of nitrogens with one attached hydrogen (secondary N) is 1. The predicted octanol–water partition coefficient (Wildman–Crippen LogP) is 5.10. The fourth-order valence-corrected chi connectivity index (χ4v) is 3.29. The van der Waals surface area contributed by atoms with Gasteiger partial charge in [0.25, 0.3) is 5.91 Å². The Morgan fingerprint density at radius 2 is 1.81 bits per heavy atom. The number of nitrogens with zero attached hydrogens (tertiary/aromatic N) is 1. The molecule has 0 saturated heterocycles. The molecule has 0 atom stereocenters. The standard InChI is InChI=1S/C22H20Br2N2O5/c1-3-29-19-11-14(10-18(24)21(19)31-13-20(27)30-4-2)9-15(12-25)22(28)26-17-7-5-16(23)6-8-17/h5-11H,3-4,13H2,1-2H3,(H,26,28)/b15-9+. The van der Waals surface area contributed by atoms with Crippen molar-refractivity contribution in [2.24, 2.45) is 0 Å². The molecule has 0 heterocycles. The maximum absolute atomic E-state index is 12.5. The average molecular weight is 552 g/mol. The monoisotopic (exact) mass is 550 g/mol. The van der Waals surface area contributed by atoms with Crippen molar-refractivity contribution in [3.8, 4) is 17.6 Å². The van der Waals surface area contributed by atoms with E-state index in [4.69, 9.17) is 14.2 Å². The Balaban J connectivity index is 2.27. The molecular weight excluding hydrogens is 532 g/mol. The van der Waals surface area contributed by atoms with Crippen LogP contribution in [0.1, 0.15) is 19.4 Å². The first kappa shape index (κ1) is 24.4. The van der Waals surface area contributed by atoms with Crippen LogP contribution in [0.15, 0.2) is 50.9 Å². The number of carbonyl (C=O) groups excluding carboxylic acids is 2. The van der Waals surface area contributed by atoms with Gasteiger partial charge in [0.05, 0.1) is 17.7 Å². The number of amides is 1. The Hall–Kier alpha value is -2.83. The number of carbonyl (C=O) groups is 2. The van der Waals surface area contributed by atoms with Crippen LogP contribution in [0, 0.1) is 11.3 Å². The smallest absolute Gasteiger partial charge is 0.344 e. The molecule has 0 fully saturated rings. The molecule has 9 heteroatoms. The van der Waals surface area contributed by atoms with Crippen molar-refractivity contribution in [1.29, 1.82) is 5.26 Å². The van der Waals surface area contributed by atoms with Gasteiger partial charge in [-0.2, -0.15) is 5.26 Å². The minimum atomic E-state index is -0.540. The first-order chi connectivity index (χ1) is 14.9. The van der Waals surface area contributed by atoms with Crippen LogP contribution in [-0.4, -0.2) is 31.7 Å². The Bertz CT molecular complexity index is 1010. The Kier molecular flexibility index (Phi) is 9.56. The summed E-state index contributed by atoms with van der Waals surface area (Å²) in [4.78, 5) is 24.1. The van der Waals surface area contributed by atoms with Crippen molar-refractivity contribution in [3.63, 3.8) is 0 Å². The quantitative estimate of drug-likeness (QED) is 0.264. The first-order valence-corrected chi connectivity index (χ1v) is 10.9. The molecule has 1 N–H and O–H groups in total. The number of ether oxygens (including phenoxy) is 3. The van der Waals surface area contributed by atoms with Gasteiger partial charge in [-0.3, -0.25) is 4.79 Å². The number of anilines is 1. The first-order valence-electron chi connectivity index (χ1n) is 9.31. The largest absolute Gasteiger partial charge is 0.490 e. The zero-order valence-electron chi connectivity index (χ0n) is 16.9. The summed E-state index contributed by atoms with van der Waals surface area (Å²) >= 11 is 6.72. The van der Waals surface area contributed by atoms with Crippen LogP contribution in [0.4, 0.5) is 5.69 Å². The molecule has 0 saturated carbocycles. The summed E-state index contributed by atoms with van der Waals surface area (Å²) in [5.74, 6) is -0.360. The van der Waals surface area contributed by atoms with Crippen LogP contribution < -0.4 is 14.8 Å². The van der Waals surface area contributed by atoms with Crippen LogP contribution in [0.5, 0.6) is 11.5 Å².